The molecule has 1 aliphatic rings. The summed E-state index contributed by atoms with van der Waals surface area (Å²) in [6.07, 6.45) is 0.687. The van der Waals surface area contributed by atoms with Gasteiger partial charge in [0.05, 0.1) is 17.6 Å². The first-order valence-electron chi connectivity index (χ1n) is 9.62. The van der Waals surface area contributed by atoms with Gasteiger partial charge in [-0.3, -0.25) is 28.9 Å². The summed E-state index contributed by atoms with van der Waals surface area (Å²) >= 11 is 0. The maximum atomic E-state index is 12.1. The number of hydrogen-bond donors (Lipinski definition) is 1. The third-order valence-electron chi connectivity index (χ3n) is 5.23. The second-order valence-corrected chi connectivity index (χ2v) is 7.18. The van der Waals surface area contributed by atoms with Crippen LogP contribution in [-0.2, 0) is 14.1 Å². The number of aromatic hydroxyl groups is 1. The van der Waals surface area contributed by atoms with E-state index >= 15 is 0 Å². The van der Waals surface area contributed by atoms with Crippen LogP contribution in [0, 0.1) is 10.1 Å². The molecule has 1 saturated heterocycles. The standard InChI is InChI=1S/C19H25N5O6.ClH/c1-20-17(13-18(26)21(2)19(20)27)23-9-7-22(8-10-23)6-3-11-30-16-12-14(24(28)29)4-5-15(16)25;/h4-5,12-13,25H,3,6-11H2,1-2H3;1H. The Bertz CT molecular complexity index is 1050. The summed E-state index contributed by atoms with van der Waals surface area (Å²) in [5, 5.41) is 20.6. The minimum Gasteiger partial charge on any atom is -0.504 e. The van der Waals surface area contributed by atoms with Crippen LogP contribution in [-0.4, -0.2) is 63.4 Å². The molecule has 0 unspecified atom stereocenters. The minimum atomic E-state index is -0.538. The highest BCUT2D eigenvalue weighted by atomic mass is 35.5. The van der Waals surface area contributed by atoms with Crippen molar-refractivity contribution in [2.75, 3.05) is 44.2 Å². The highest BCUT2D eigenvalue weighted by Crippen LogP contribution is 2.30. The van der Waals surface area contributed by atoms with Gasteiger partial charge in [-0.1, -0.05) is 0 Å². The predicted molar refractivity (Wildman–Crippen MR) is 118 cm³/mol. The van der Waals surface area contributed by atoms with Crippen molar-refractivity contribution in [3.8, 4) is 11.5 Å². The van der Waals surface area contributed by atoms with Gasteiger partial charge < -0.3 is 14.7 Å². The van der Waals surface area contributed by atoms with E-state index in [-0.39, 0.29) is 40.8 Å². The summed E-state index contributed by atoms with van der Waals surface area (Å²) in [4.78, 5) is 38.6. The molecule has 0 atom stereocenters. The van der Waals surface area contributed by atoms with Crippen molar-refractivity contribution in [3.05, 3.63) is 55.2 Å². The van der Waals surface area contributed by atoms with E-state index in [1.807, 2.05) is 4.90 Å². The highest BCUT2D eigenvalue weighted by Gasteiger charge is 2.20. The van der Waals surface area contributed by atoms with E-state index in [4.69, 9.17) is 4.74 Å². The molecule has 0 spiro atoms. The van der Waals surface area contributed by atoms with Gasteiger partial charge >= 0.3 is 5.69 Å². The second-order valence-electron chi connectivity index (χ2n) is 7.18. The van der Waals surface area contributed by atoms with Crippen LogP contribution in [0.2, 0.25) is 0 Å². The molecule has 3 rings (SSSR count). The number of rotatable bonds is 7. The smallest absolute Gasteiger partial charge is 0.332 e. The third kappa shape index (κ3) is 5.56. The van der Waals surface area contributed by atoms with Gasteiger partial charge in [0.15, 0.2) is 11.5 Å². The molecule has 0 saturated carbocycles. The number of benzene rings is 1. The average molecular weight is 456 g/mol. The predicted octanol–water partition coefficient (Wildman–Crippen LogP) is 0.711. The first-order chi connectivity index (χ1) is 14.3. The van der Waals surface area contributed by atoms with Crippen molar-refractivity contribution in [1.82, 2.24) is 14.0 Å². The van der Waals surface area contributed by atoms with E-state index in [1.165, 1.54) is 35.9 Å². The molecule has 1 fully saturated rings. The van der Waals surface area contributed by atoms with Crippen molar-refractivity contribution >= 4 is 23.9 Å². The molecule has 0 amide bonds. The number of piperazine rings is 1. The average Bonchev–Trinajstić information content (AvgIpc) is 2.73. The Kier molecular flexibility index (Phi) is 8.06. The fraction of sp³-hybridized carbons (Fsp3) is 0.474. The summed E-state index contributed by atoms with van der Waals surface area (Å²) in [6, 6.07) is 5.16. The lowest BCUT2D eigenvalue weighted by Gasteiger charge is -2.36. The van der Waals surface area contributed by atoms with Gasteiger partial charge in [-0.05, 0) is 12.5 Å². The summed E-state index contributed by atoms with van der Waals surface area (Å²) in [5.74, 6) is 0.585. The molecule has 12 heteroatoms. The number of phenolic OH excluding ortho intramolecular Hbond substituents is 1. The number of nitro benzene ring substituents is 1. The maximum absolute atomic E-state index is 12.1. The van der Waals surface area contributed by atoms with E-state index in [9.17, 15) is 24.8 Å². The van der Waals surface area contributed by atoms with Gasteiger partial charge in [0.2, 0.25) is 0 Å². The Morgan fingerprint density at radius 3 is 2.42 bits per heavy atom. The van der Waals surface area contributed by atoms with E-state index in [0.29, 0.717) is 31.9 Å². The van der Waals surface area contributed by atoms with Crippen molar-refractivity contribution < 1.29 is 14.8 Å². The Morgan fingerprint density at radius 1 is 1.10 bits per heavy atom. The molecule has 1 N–H and O–H groups in total. The number of ether oxygens (including phenoxy) is 1. The van der Waals surface area contributed by atoms with Crippen LogP contribution in [0.25, 0.3) is 0 Å². The topological polar surface area (TPSA) is 123 Å². The molecule has 170 valence electrons. The molecule has 0 bridgehead atoms. The normalized spacial score (nSPS) is 14.2. The lowest BCUT2D eigenvalue weighted by molar-refractivity contribution is -0.385. The molecule has 2 heterocycles. The van der Waals surface area contributed by atoms with Crippen molar-refractivity contribution in [1.29, 1.82) is 0 Å². The Morgan fingerprint density at radius 2 is 1.77 bits per heavy atom. The number of aromatic nitrogens is 2. The zero-order valence-corrected chi connectivity index (χ0v) is 18.2. The van der Waals surface area contributed by atoms with Gasteiger partial charge in [0, 0.05) is 59.0 Å². The molecule has 0 aliphatic carbocycles. The number of nitro groups is 1. The fourth-order valence-corrected chi connectivity index (χ4v) is 3.43. The quantitative estimate of drug-likeness (QED) is 0.368. The number of hydrogen-bond acceptors (Lipinski definition) is 8. The van der Waals surface area contributed by atoms with Crippen LogP contribution in [0.1, 0.15) is 6.42 Å². The first-order valence-corrected chi connectivity index (χ1v) is 9.62. The van der Waals surface area contributed by atoms with E-state index in [0.717, 1.165) is 24.2 Å². The molecule has 11 nitrogen and oxygen atoms in total. The SMILES string of the molecule is Cl.Cn1c(N2CCN(CCCOc3cc([N+](=O)[O-])ccc3O)CC2)cc(=O)n(C)c1=O. The van der Waals surface area contributed by atoms with Gasteiger partial charge in [0.25, 0.3) is 11.2 Å². The van der Waals surface area contributed by atoms with Crippen molar-refractivity contribution in [2.45, 2.75) is 6.42 Å². The molecule has 2 aromatic rings. The molecule has 1 aromatic heterocycles. The first kappa shape index (κ1) is 24.2. The molecule has 1 aliphatic heterocycles. The van der Waals surface area contributed by atoms with Crippen LogP contribution in [0.4, 0.5) is 11.5 Å². The van der Waals surface area contributed by atoms with Crippen LogP contribution in [0.15, 0.2) is 33.9 Å². The Hall–Kier alpha value is -3.05. The molecular weight excluding hydrogens is 430 g/mol. The third-order valence-corrected chi connectivity index (χ3v) is 5.23. The number of phenols is 1. The number of nitrogens with zero attached hydrogens (tertiary/aromatic N) is 5. The van der Waals surface area contributed by atoms with Crippen LogP contribution in [0.5, 0.6) is 11.5 Å². The Balaban J connectivity index is 0.00000341. The molecular formula is C19H26ClN5O6. The van der Waals surface area contributed by atoms with Crippen LogP contribution in [0.3, 0.4) is 0 Å². The lowest BCUT2D eigenvalue weighted by Crippen LogP contribution is -2.49. The van der Waals surface area contributed by atoms with Gasteiger partial charge in [-0.2, -0.15) is 0 Å². The maximum Gasteiger partial charge on any atom is 0.332 e. The van der Waals surface area contributed by atoms with Crippen LogP contribution >= 0.6 is 12.4 Å². The second kappa shape index (κ2) is 10.3. The van der Waals surface area contributed by atoms with E-state index in [1.54, 1.807) is 7.05 Å². The van der Waals surface area contributed by atoms with Crippen molar-refractivity contribution in [3.63, 3.8) is 0 Å². The molecule has 31 heavy (non-hydrogen) atoms. The Labute approximate surface area is 184 Å². The van der Waals surface area contributed by atoms with Gasteiger partial charge in [0.1, 0.15) is 5.82 Å². The summed E-state index contributed by atoms with van der Waals surface area (Å²) in [7, 11) is 3.12. The zero-order chi connectivity index (χ0) is 21.8. The van der Waals surface area contributed by atoms with E-state index < -0.39 is 4.92 Å². The van der Waals surface area contributed by atoms with Gasteiger partial charge in [-0.15, -0.1) is 12.4 Å². The number of halogens is 1. The molecule has 1 aromatic carbocycles. The van der Waals surface area contributed by atoms with Gasteiger partial charge in [-0.25, -0.2) is 4.79 Å². The van der Waals surface area contributed by atoms with Crippen LogP contribution < -0.4 is 20.9 Å². The minimum absolute atomic E-state index is 0. The monoisotopic (exact) mass is 455 g/mol. The largest absolute Gasteiger partial charge is 0.504 e. The zero-order valence-electron chi connectivity index (χ0n) is 17.4. The fourth-order valence-electron chi connectivity index (χ4n) is 3.43. The lowest BCUT2D eigenvalue weighted by atomic mass is 10.2. The number of non-ortho nitro benzene ring substituents is 1. The van der Waals surface area contributed by atoms with Crippen molar-refractivity contribution in [2.24, 2.45) is 14.1 Å². The highest BCUT2D eigenvalue weighted by molar-refractivity contribution is 5.85. The summed E-state index contributed by atoms with van der Waals surface area (Å²) in [5.41, 5.74) is -0.803. The number of anilines is 1. The summed E-state index contributed by atoms with van der Waals surface area (Å²) in [6.45, 7) is 3.99. The summed E-state index contributed by atoms with van der Waals surface area (Å²) < 4.78 is 8.06. The van der Waals surface area contributed by atoms with E-state index in [2.05, 4.69) is 4.90 Å². The molecule has 0 radical (unpaired) electrons.